The summed E-state index contributed by atoms with van der Waals surface area (Å²) in [6, 6.07) is 20.7. The molecule has 0 bridgehead atoms. The van der Waals surface area contributed by atoms with Crippen LogP contribution in [0.4, 0.5) is 0 Å². The van der Waals surface area contributed by atoms with Crippen molar-refractivity contribution in [1.82, 2.24) is 10.2 Å². The third-order valence-corrected chi connectivity index (χ3v) is 6.30. The van der Waals surface area contributed by atoms with Gasteiger partial charge in [0.15, 0.2) is 11.5 Å². The second kappa shape index (κ2) is 10.2. The fourth-order valence-corrected chi connectivity index (χ4v) is 4.62. The number of hydrogen-bond donors (Lipinski definition) is 1. The lowest BCUT2D eigenvalue weighted by atomic mass is 9.87. The third kappa shape index (κ3) is 4.77. The van der Waals surface area contributed by atoms with Crippen LogP contribution in [-0.2, 0) is 13.0 Å². The molecule has 1 aliphatic rings. The molecular formula is C29H28N2O5. The zero-order valence-electron chi connectivity index (χ0n) is 20.3. The fourth-order valence-electron chi connectivity index (χ4n) is 4.62. The highest BCUT2D eigenvalue weighted by Gasteiger charge is 2.34. The minimum atomic E-state index is -0.275. The first-order chi connectivity index (χ1) is 17.5. The monoisotopic (exact) mass is 484 g/mol. The van der Waals surface area contributed by atoms with Gasteiger partial charge in [-0.3, -0.25) is 9.59 Å². The number of nitrogens with one attached hydrogen (secondary N) is 1. The van der Waals surface area contributed by atoms with E-state index in [0.717, 1.165) is 23.1 Å². The van der Waals surface area contributed by atoms with Gasteiger partial charge in [0.2, 0.25) is 0 Å². The van der Waals surface area contributed by atoms with Crippen LogP contribution < -0.4 is 10.1 Å². The number of carbonyl (C=O) groups excluding carboxylic acids is 2. The topological polar surface area (TPSA) is 84.9 Å². The number of benzene rings is 2. The number of carbonyl (C=O) groups is 2. The summed E-state index contributed by atoms with van der Waals surface area (Å²) >= 11 is 0. The van der Waals surface area contributed by atoms with Crippen LogP contribution in [0.25, 0.3) is 0 Å². The van der Waals surface area contributed by atoms with Gasteiger partial charge in [-0.15, -0.1) is 0 Å². The smallest absolute Gasteiger partial charge is 0.290 e. The Labute approximate surface area is 209 Å². The third-order valence-electron chi connectivity index (χ3n) is 6.30. The molecule has 0 saturated carbocycles. The molecule has 4 aromatic rings. The number of fused-ring (bicyclic) bond motifs is 1. The minimum Gasteiger partial charge on any atom is -0.486 e. The van der Waals surface area contributed by atoms with Crippen molar-refractivity contribution in [1.29, 1.82) is 0 Å². The molecule has 0 spiro atoms. The van der Waals surface area contributed by atoms with Crippen LogP contribution in [0.5, 0.6) is 5.75 Å². The molecule has 0 fully saturated rings. The van der Waals surface area contributed by atoms with Crippen molar-refractivity contribution in [3.8, 4) is 5.75 Å². The number of nitrogens with zero attached hydrogens (tertiary/aromatic N) is 1. The Kier molecular flexibility index (Phi) is 6.62. The van der Waals surface area contributed by atoms with Crippen LogP contribution in [0, 0.1) is 6.92 Å². The van der Waals surface area contributed by atoms with E-state index < -0.39 is 0 Å². The number of hydrogen-bond acceptors (Lipinski definition) is 5. The van der Waals surface area contributed by atoms with Crippen molar-refractivity contribution in [2.45, 2.75) is 32.9 Å². The molecule has 3 heterocycles. The summed E-state index contributed by atoms with van der Waals surface area (Å²) in [5.74, 6) is 1.40. The summed E-state index contributed by atoms with van der Waals surface area (Å²) in [5.41, 5.74) is 4.35. The van der Waals surface area contributed by atoms with E-state index in [1.807, 2.05) is 43.0 Å². The van der Waals surface area contributed by atoms with Gasteiger partial charge in [-0.1, -0.05) is 35.9 Å². The fraction of sp³-hybridized carbons (Fsp3) is 0.241. The molecule has 1 atom stereocenters. The SMILES string of the molecule is CCNC(=O)c1ccc(COc2ccc3c(c2)C(c2cccc(C)c2)N(C(=O)c2ccco2)CC3)o1. The molecule has 7 nitrogen and oxygen atoms in total. The number of amides is 2. The second-order valence-corrected chi connectivity index (χ2v) is 8.82. The molecule has 5 rings (SSSR count). The molecule has 7 heteroatoms. The predicted molar refractivity (Wildman–Crippen MR) is 134 cm³/mol. The Bertz CT molecular complexity index is 1370. The van der Waals surface area contributed by atoms with Crippen LogP contribution in [0.3, 0.4) is 0 Å². The Hall–Kier alpha value is -4.26. The summed E-state index contributed by atoms with van der Waals surface area (Å²) in [6.45, 7) is 5.20. The van der Waals surface area contributed by atoms with E-state index in [4.69, 9.17) is 13.6 Å². The van der Waals surface area contributed by atoms with Crippen LogP contribution in [0.1, 0.15) is 62.1 Å². The average Bonchev–Trinajstić information content (AvgIpc) is 3.59. The predicted octanol–water partition coefficient (Wildman–Crippen LogP) is 5.30. The Morgan fingerprint density at radius 2 is 1.94 bits per heavy atom. The molecule has 1 N–H and O–H groups in total. The molecule has 2 aromatic carbocycles. The van der Waals surface area contributed by atoms with E-state index in [-0.39, 0.29) is 30.2 Å². The maximum Gasteiger partial charge on any atom is 0.290 e. The van der Waals surface area contributed by atoms with E-state index >= 15 is 0 Å². The summed E-state index contributed by atoms with van der Waals surface area (Å²) in [7, 11) is 0. The first kappa shape index (κ1) is 23.5. The lowest BCUT2D eigenvalue weighted by Crippen LogP contribution is -2.40. The lowest BCUT2D eigenvalue weighted by Gasteiger charge is -2.37. The van der Waals surface area contributed by atoms with Gasteiger partial charge in [0.05, 0.1) is 12.3 Å². The normalized spacial score (nSPS) is 14.8. The number of furan rings is 2. The number of aryl methyl sites for hydroxylation is 1. The Morgan fingerprint density at radius 3 is 2.72 bits per heavy atom. The Morgan fingerprint density at radius 1 is 1.06 bits per heavy atom. The molecule has 2 aromatic heterocycles. The van der Waals surface area contributed by atoms with Gasteiger partial charge in [-0.05, 0) is 73.4 Å². The van der Waals surface area contributed by atoms with Gasteiger partial charge >= 0.3 is 0 Å². The van der Waals surface area contributed by atoms with Gasteiger partial charge in [0.25, 0.3) is 11.8 Å². The van der Waals surface area contributed by atoms with Crippen molar-refractivity contribution < 1.29 is 23.2 Å². The van der Waals surface area contributed by atoms with Crippen molar-refractivity contribution in [3.05, 3.63) is 113 Å². The van der Waals surface area contributed by atoms with Crippen molar-refractivity contribution in [2.24, 2.45) is 0 Å². The zero-order valence-corrected chi connectivity index (χ0v) is 20.3. The minimum absolute atomic E-state index is 0.142. The van der Waals surface area contributed by atoms with Crippen LogP contribution in [0.2, 0.25) is 0 Å². The van der Waals surface area contributed by atoms with Gasteiger partial charge < -0.3 is 23.8 Å². The standard InChI is InChI=1S/C29H28N2O5/c1-3-30-28(32)25-12-11-23(36-25)18-35-22-10-9-20-13-14-31(29(33)26-8-5-15-34-26)27(24(20)17-22)21-7-4-6-19(2)16-21/h4-12,15-17,27H,3,13-14,18H2,1-2H3,(H,30,32). The molecular weight excluding hydrogens is 456 g/mol. The van der Waals surface area contributed by atoms with Crippen LogP contribution in [-0.4, -0.2) is 29.8 Å². The van der Waals surface area contributed by atoms with E-state index in [1.165, 1.54) is 11.8 Å². The quantitative estimate of drug-likeness (QED) is 0.385. The molecule has 0 saturated heterocycles. The van der Waals surface area contributed by atoms with Crippen molar-refractivity contribution in [2.75, 3.05) is 13.1 Å². The van der Waals surface area contributed by atoms with E-state index in [9.17, 15) is 9.59 Å². The first-order valence-corrected chi connectivity index (χ1v) is 12.1. The summed E-state index contributed by atoms with van der Waals surface area (Å²) < 4.78 is 17.1. The molecule has 184 valence electrons. The lowest BCUT2D eigenvalue weighted by molar-refractivity contribution is 0.0661. The van der Waals surface area contributed by atoms with Crippen molar-refractivity contribution >= 4 is 11.8 Å². The molecule has 2 amide bonds. The number of rotatable bonds is 7. The van der Waals surface area contributed by atoms with E-state index in [0.29, 0.717) is 30.4 Å². The van der Waals surface area contributed by atoms with Gasteiger partial charge in [0.1, 0.15) is 18.1 Å². The second-order valence-electron chi connectivity index (χ2n) is 8.82. The van der Waals surface area contributed by atoms with E-state index in [1.54, 1.807) is 24.3 Å². The molecule has 0 radical (unpaired) electrons. The average molecular weight is 485 g/mol. The first-order valence-electron chi connectivity index (χ1n) is 12.1. The van der Waals surface area contributed by atoms with E-state index in [2.05, 4.69) is 23.5 Å². The zero-order chi connectivity index (χ0) is 25.1. The molecule has 36 heavy (non-hydrogen) atoms. The molecule has 1 unspecified atom stereocenters. The molecule has 1 aliphatic heterocycles. The summed E-state index contributed by atoms with van der Waals surface area (Å²) in [4.78, 5) is 27.2. The Balaban J connectivity index is 1.43. The highest BCUT2D eigenvalue weighted by atomic mass is 16.5. The molecule has 0 aliphatic carbocycles. The highest BCUT2D eigenvalue weighted by Crippen LogP contribution is 2.38. The summed E-state index contributed by atoms with van der Waals surface area (Å²) in [6.07, 6.45) is 2.25. The number of ether oxygens (including phenoxy) is 1. The summed E-state index contributed by atoms with van der Waals surface area (Å²) in [5, 5.41) is 2.72. The van der Waals surface area contributed by atoms with Crippen LogP contribution >= 0.6 is 0 Å². The van der Waals surface area contributed by atoms with Gasteiger partial charge in [-0.2, -0.15) is 0 Å². The van der Waals surface area contributed by atoms with Gasteiger partial charge in [0, 0.05) is 13.1 Å². The largest absolute Gasteiger partial charge is 0.486 e. The maximum atomic E-state index is 13.4. The van der Waals surface area contributed by atoms with Crippen molar-refractivity contribution in [3.63, 3.8) is 0 Å². The maximum absolute atomic E-state index is 13.4. The highest BCUT2D eigenvalue weighted by molar-refractivity contribution is 5.92. The van der Waals surface area contributed by atoms with Gasteiger partial charge in [-0.25, -0.2) is 0 Å². The van der Waals surface area contributed by atoms with Crippen LogP contribution in [0.15, 0.2) is 81.8 Å².